The topological polar surface area (TPSA) is 106 Å². The molecule has 0 spiro atoms. The van der Waals surface area contributed by atoms with Crippen molar-refractivity contribution in [1.82, 2.24) is 5.32 Å². The number of carbonyl (C=O) groups excluding carboxylic acids is 1. The number of benzene rings is 4. The standard InChI is InChI=1S/C39H45NO7/c1-2-23-40-34(24-36(43)44-26-30-15-7-3-8-16-30)37(45-27-31-17-9-4-10-18-31)39(47-29-33-21-13-6-14-22-33)38(35(42)25-41)46-28-32-19-11-5-12-20-32/h2-22,34-35,37-42H,1,23-29H2/t34-,35-,37+,38-,39-/m1/s1. The lowest BCUT2D eigenvalue weighted by atomic mass is 9.94. The molecule has 4 aromatic rings. The maximum atomic E-state index is 13.3. The molecule has 0 unspecified atom stereocenters. The quantitative estimate of drug-likeness (QED) is 0.0826. The van der Waals surface area contributed by atoms with Crippen molar-refractivity contribution in [2.24, 2.45) is 0 Å². The summed E-state index contributed by atoms with van der Waals surface area (Å²) in [5, 5.41) is 24.8. The monoisotopic (exact) mass is 639 g/mol. The third kappa shape index (κ3) is 12.2. The Bertz CT molecular complexity index is 1420. The van der Waals surface area contributed by atoms with Gasteiger partial charge in [-0.05, 0) is 22.3 Å². The van der Waals surface area contributed by atoms with Gasteiger partial charge in [-0.1, -0.05) is 127 Å². The van der Waals surface area contributed by atoms with Gasteiger partial charge in [-0.3, -0.25) is 4.79 Å². The molecule has 3 N–H and O–H groups in total. The van der Waals surface area contributed by atoms with Gasteiger partial charge in [0.15, 0.2) is 0 Å². The van der Waals surface area contributed by atoms with Gasteiger partial charge in [0.05, 0.1) is 32.8 Å². The zero-order valence-electron chi connectivity index (χ0n) is 26.6. The summed E-state index contributed by atoms with van der Waals surface area (Å²) in [5.41, 5.74) is 3.57. The Morgan fingerprint density at radius 3 is 1.47 bits per heavy atom. The highest BCUT2D eigenvalue weighted by Gasteiger charge is 2.41. The van der Waals surface area contributed by atoms with Crippen LogP contribution >= 0.6 is 0 Å². The van der Waals surface area contributed by atoms with Crippen molar-refractivity contribution in [2.75, 3.05) is 13.2 Å². The zero-order valence-corrected chi connectivity index (χ0v) is 26.6. The van der Waals surface area contributed by atoms with Crippen LogP contribution in [0.5, 0.6) is 0 Å². The lowest BCUT2D eigenvalue weighted by Gasteiger charge is -2.39. The van der Waals surface area contributed by atoms with Gasteiger partial charge in [-0.2, -0.15) is 0 Å². The van der Waals surface area contributed by atoms with Crippen LogP contribution in [0.3, 0.4) is 0 Å². The Hall–Kier alpha value is -4.15. The summed E-state index contributed by atoms with van der Waals surface area (Å²) in [6.45, 7) is 4.30. The highest BCUT2D eigenvalue weighted by molar-refractivity contribution is 5.70. The van der Waals surface area contributed by atoms with Crippen LogP contribution in [0, 0.1) is 0 Å². The Balaban J connectivity index is 1.68. The molecule has 4 rings (SSSR count). The van der Waals surface area contributed by atoms with E-state index in [0.29, 0.717) is 6.54 Å². The van der Waals surface area contributed by atoms with Crippen molar-refractivity contribution in [2.45, 2.75) is 63.3 Å². The van der Waals surface area contributed by atoms with Crippen molar-refractivity contribution >= 4 is 5.97 Å². The first-order chi connectivity index (χ1) is 23.1. The van der Waals surface area contributed by atoms with E-state index in [2.05, 4.69) is 11.9 Å². The average molecular weight is 640 g/mol. The van der Waals surface area contributed by atoms with Crippen LogP contribution in [0.4, 0.5) is 0 Å². The van der Waals surface area contributed by atoms with Gasteiger partial charge in [0.25, 0.3) is 0 Å². The molecule has 0 amide bonds. The first-order valence-electron chi connectivity index (χ1n) is 15.9. The van der Waals surface area contributed by atoms with Crippen LogP contribution in [-0.2, 0) is 50.2 Å². The van der Waals surface area contributed by atoms with Crippen molar-refractivity contribution in [3.05, 3.63) is 156 Å². The summed E-state index contributed by atoms with van der Waals surface area (Å²) in [6, 6.07) is 37.7. The second-order valence-corrected chi connectivity index (χ2v) is 11.2. The number of nitrogens with one attached hydrogen (secondary N) is 1. The summed E-state index contributed by atoms with van der Waals surface area (Å²) in [5.74, 6) is -0.435. The molecule has 0 bridgehead atoms. The fourth-order valence-corrected chi connectivity index (χ4v) is 5.16. The van der Waals surface area contributed by atoms with Crippen LogP contribution in [-0.4, -0.2) is 59.8 Å². The molecule has 4 aromatic carbocycles. The van der Waals surface area contributed by atoms with Gasteiger partial charge < -0.3 is 34.5 Å². The van der Waals surface area contributed by atoms with Crippen LogP contribution in [0.2, 0.25) is 0 Å². The lowest BCUT2D eigenvalue weighted by Crippen LogP contribution is -2.57. The molecule has 0 heterocycles. The molecule has 8 heteroatoms. The number of aliphatic hydroxyl groups is 2. The second-order valence-electron chi connectivity index (χ2n) is 11.2. The van der Waals surface area contributed by atoms with E-state index in [1.165, 1.54) is 0 Å². The molecular formula is C39H45NO7. The van der Waals surface area contributed by atoms with E-state index in [9.17, 15) is 15.0 Å². The molecule has 0 aliphatic heterocycles. The van der Waals surface area contributed by atoms with E-state index in [4.69, 9.17) is 18.9 Å². The zero-order chi connectivity index (χ0) is 33.1. The minimum absolute atomic E-state index is 0.0635. The second kappa shape index (κ2) is 20.2. The van der Waals surface area contributed by atoms with E-state index >= 15 is 0 Å². The van der Waals surface area contributed by atoms with Crippen molar-refractivity contribution < 1.29 is 34.0 Å². The third-order valence-electron chi connectivity index (χ3n) is 7.62. The Labute approximate surface area is 277 Å². The number of hydrogen-bond donors (Lipinski definition) is 3. The highest BCUT2D eigenvalue weighted by atomic mass is 16.6. The predicted octanol–water partition coefficient (Wildman–Crippen LogP) is 5.37. The maximum absolute atomic E-state index is 13.3. The number of aliphatic hydroxyl groups excluding tert-OH is 2. The molecule has 0 saturated carbocycles. The minimum atomic E-state index is -1.31. The molecule has 5 atom stereocenters. The van der Waals surface area contributed by atoms with E-state index in [1.54, 1.807) is 6.08 Å². The highest BCUT2D eigenvalue weighted by Crippen LogP contribution is 2.25. The van der Waals surface area contributed by atoms with Gasteiger partial charge in [0.2, 0.25) is 0 Å². The molecular weight excluding hydrogens is 594 g/mol. The first-order valence-corrected chi connectivity index (χ1v) is 15.9. The largest absolute Gasteiger partial charge is 0.461 e. The number of ether oxygens (including phenoxy) is 4. The van der Waals surface area contributed by atoms with Crippen molar-refractivity contribution in [3.8, 4) is 0 Å². The number of carbonyl (C=O) groups is 1. The van der Waals surface area contributed by atoms with Gasteiger partial charge in [-0.25, -0.2) is 0 Å². The third-order valence-corrected chi connectivity index (χ3v) is 7.62. The van der Waals surface area contributed by atoms with Gasteiger partial charge in [0.1, 0.15) is 31.0 Å². The first kappa shape index (κ1) is 35.7. The molecule has 47 heavy (non-hydrogen) atoms. The Morgan fingerprint density at radius 1 is 0.638 bits per heavy atom. The predicted molar refractivity (Wildman–Crippen MR) is 181 cm³/mol. The smallest absolute Gasteiger partial charge is 0.307 e. The summed E-state index contributed by atoms with van der Waals surface area (Å²) < 4.78 is 25.2. The maximum Gasteiger partial charge on any atom is 0.307 e. The number of rotatable bonds is 21. The number of hydrogen-bond acceptors (Lipinski definition) is 8. The van der Waals surface area contributed by atoms with Crippen molar-refractivity contribution in [1.29, 1.82) is 0 Å². The minimum Gasteiger partial charge on any atom is -0.461 e. The fraction of sp³-hybridized carbons (Fsp3) is 0.308. The number of esters is 1. The molecule has 0 aromatic heterocycles. The molecule has 0 aliphatic carbocycles. The molecule has 0 saturated heterocycles. The molecule has 0 fully saturated rings. The van der Waals surface area contributed by atoms with E-state index < -0.39 is 43.0 Å². The SMILES string of the molecule is C=CCN[C@H](CC(=O)OCc1ccccc1)[C@H](OCc1ccccc1)[C@@H](OCc1ccccc1)[C@H](OCc1ccccc1)[C@H](O)CO. The molecule has 248 valence electrons. The van der Waals surface area contributed by atoms with Crippen LogP contribution < -0.4 is 5.32 Å². The normalized spacial score (nSPS) is 14.4. The molecule has 0 radical (unpaired) electrons. The van der Waals surface area contributed by atoms with E-state index in [0.717, 1.165) is 22.3 Å². The van der Waals surface area contributed by atoms with Crippen molar-refractivity contribution in [3.63, 3.8) is 0 Å². The Kier molecular flexibility index (Phi) is 15.3. The van der Waals surface area contributed by atoms with Crippen LogP contribution in [0.15, 0.2) is 134 Å². The lowest BCUT2D eigenvalue weighted by molar-refractivity contribution is -0.191. The van der Waals surface area contributed by atoms with Crippen LogP contribution in [0.1, 0.15) is 28.7 Å². The summed E-state index contributed by atoms with van der Waals surface area (Å²) >= 11 is 0. The van der Waals surface area contributed by atoms with Gasteiger partial charge >= 0.3 is 5.97 Å². The Morgan fingerprint density at radius 2 is 1.04 bits per heavy atom. The van der Waals surface area contributed by atoms with Gasteiger partial charge in [-0.15, -0.1) is 6.58 Å². The molecule has 8 nitrogen and oxygen atoms in total. The van der Waals surface area contributed by atoms with Gasteiger partial charge in [0, 0.05) is 12.6 Å². The molecule has 0 aliphatic rings. The fourth-order valence-electron chi connectivity index (χ4n) is 5.16. The van der Waals surface area contributed by atoms with Crippen LogP contribution in [0.25, 0.3) is 0 Å². The van der Waals surface area contributed by atoms with E-state index in [-0.39, 0.29) is 32.8 Å². The summed E-state index contributed by atoms with van der Waals surface area (Å²) in [7, 11) is 0. The average Bonchev–Trinajstić information content (AvgIpc) is 3.13. The summed E-state index contributed by atoms with van der Waals surface area (Å²) in [4.78, 5) is 13.3. The van der Waals surface area contributed by atoms with E-state index in [1.807, 2.05) is 121 Å². The summed E-state index contributed by atoms with van der Waals surface area (Å²) in [6.07, 6.45) is -2.49.